The number of nitrogen functional groups attached to an aromatic ring is 1. The topological polar surface area (TPSA) is 157 Å². The Morgan fingerprint density at radius 1 is 1.08 bits per heavy atom. The summed E-state index contributed by atoms with van der Waals surface area (Å²) in [5.74, 6) is -0.390. The van der Waals surface area contributed by atoms with Crippen LogP contribution in [-0.4, -0.2) is 33.9 Å². The summed E-state index contributed by atoms with van der Waals surface area (Å²) in [6.07, 6.45) is 0.303. The van der Waals surface area contributed by atoms with E-state index < -0.39 is 11.8 Å². The molecule has 0 saturated heterocycles. The van der Waals surface area contributed by atoms with Gasteiger partial charge in [-0.2, -0.15) is 0 Å². The Hall–Kier alpha value is -3.66. The molecule has 0 aliphatic heterocycles. The van der Waals surface area contributed by atoms with E-state index in [1.54, 1.807) is 24.3 Å². The zero-order valence-corrected chi connectivity index (χ0v) is 13.4. The van der Waals surface area contributed by atoms with E-state index in [1.165, 1.54) is 17.6 Å². The lowest BCUT2D eigenvalue weighted by atomic mass is 10.1. The molecule has 0 aliphatic carbocycles. The summed E-state index contributed by atoms with van der Waals surface area (Å²) in [6.45, 7) is 0.231. The van der Waals surface area contributed by atoms with Crippen molar-refractivity contribution in [2.45, 2.75) is 6.42 Å². The van der Waals surface area contributed by atoms with Gasteiger partial charge >= 0.3 is 0 Å². The number of carbonyl (C=O) groups excluding carboxylic acids is 2. The SMILES string of the molecule is Nc1cccc(-c2cc(C(=O)NCCc3cc(C(=O)NO)no3)no2)c1. The summed E-state index contributed by atoms with van der Waals surface area (Å²) >= 11 is 0. The number of aromatic nitrogens is 2. The Bertz CT molecular complexity index is 933. The van der Waals surface area contributed by atoms with Gasteiger partial charge in [-0.1, -0.05) is 22.4 Å². The van der Waals surface area contributed by atoms with Gasteiger partial charge in [0.05, 0.1) is 0 Å². The molecule has 0 fully saturated rings. The Balaban J connectivity index is 1.56. The molecule has 0 saturated carbocycles. The molecule has 1 aromatic carbocycles. The van der Waals surface area contributed by atoms with E-state index >= 15 is 0 Å². The van der Waals surface area contributed by atoms with Crippen LogP contribution in [0.4, 0.5) is 5.69 Å². The van der Waals surface area contributed by atoms with Gasteiger partial charge < -0.3 is 20.1 Å². The zero-order chi connectivity index (χ0) is 18.5. The number of nitrogens with two attached hydrogens (primary N) is 1. The average Bonchev–Trinajstić information content (AvgIpc) is 3.31. The van der Waals surface area contributed by atoms with Gasteiger partial charge in [-0.3, -0.25) is 14.8 Å². The third kappa shape index (κ3) is 3.87. The van der Waals surface area contributed by atoms with Crippen molar-refractivity contribution in [2.24, 2.45) is 0 Å². The lowest BCUT2D eigenvalue weighted by Crippen LogP contribution is -2.25. The number of amides is 2. The van der Waals surface area contributed by atoms with Crippen molar-refractivity contribution in [3.8, 4) is 11.3 Å². The molecular formula is C16H15N5O5. The second-order valence-corrected chi connectivity index (χ2v) is 5.33. The summed E-state index contributed by atoms with van der Waals surface area (Å²) in [5, 5.41) is 18.4. The van der Waals surface area contributed by atoms with Crippen LogP contribution in [0.5, 0.6) is 0 Å². The number of hydrogen-bond acceptors (Lipinski definition) is 8. The van der Waals surface area contributed by atoms with Gasteiger partial charge in [-0.05, 0) is 12.1 Å². The van der Waals surface area contributed by atoms with Crippen LogP contribution in [0, 0.1) is 0 Å². The number of benzene rings is 1. The van der Waals surface area contributed by atoms with Crippen molar-refractivity contribution in [2.75, 3.05) is 12.3 Å². The number of hydrogen-bond donors (Lipinski definition) is 4. The first-order chi connectivity index (χ1) is 12.6. The van der Waals surface area contributed by atoms with Crippen LogP contribution in [0.15, 0.2) is 45.4 Å². The van der Waals surface area contributed by atoms with Gasteiger partial charge in [0.25, 0.3) is 11.8 Å². The lowest BCUT2D eigenvalue weighted by Gasteiger charge is -1.99. The first-order valence-corrected chi connectivity index (χ1v) is 7.57. The predicted molar refractivity (Wildman–Crippen MR) is 88.1 cm³/mol. The Morgan fingerprint density at radius 2 is 1.85 bits per heavy atom. The first-order valence-electron chi connectivity index (χ1n) is 7.57. The number of carbonyl (C=O) groups is 2. The minimum absolute atomic E-state index is 0.0582. The summed E-state index contributed by atoms with van der Waals surface area (Å²) in [6, 6.07) is 9.91. The molecule has 0 aliphatic rings. The second-order valence-electron chi connectivity index (χ2n) is 5.33. The summed E-state index contributed by atoms with van der Waals surface area (Å²) in [4.78, 5) is 23.3. The van der Waals surface area contributed by atoms with Crippen LogP contribution >= 0.6 is 0 Å². The van der Waals surface area contributed by atoms with E-state index in [-0.39, 0.29) is 17.9 Å². The van der Waals surface area contributed by atoms with Gasteiger partial charge in [0.1, 0.15) is 5.76 Å². The molecule has 134 valence electrons. The van der Waals surface area contributed by atoms with E-state index in [0.29, 0.717) is 29.2 Å². The molecule has 0 atom stereocenters. The maximum Gasteiger partial charge on any atom is 0.296 e. The summed E-state index contributed by atoms with van der Waals surface area (Å²) < 4.78 is 10.1. The Labute approximate surface area is 146 Å². The fraction of sp³-hybridized carbons (Fsp3) is 0.125. The molecule has 26 heavy (non-hydrogen) atoms. The van der Waals surface area contributed by atoms with Crippen LogP contribution < -0.4 is 16.5 Å². The highest BCUT2D eigenvalue weighted by molar-refractivity contribution is 5.93. The third-order valence-electron chi connectivity index (χ3n) is 3.46. The quantitative estimate of drug-likeness (QED) is 0.289. The molecule has 10 nitrogen and oxygen atoms in total. The van der Waals surface area contributed by atoms with E-state index in [9.17, 15) is 9.59 Å². The van der Waals surface area contributed by atoms with Gasteiger partial charge in [0.15, 0.2) is 17.1 Å². The van der Waals surface area contributed by atoms with Crippen molar-refractivity contribution in [1.82, 2.24) is 21.1 Å². The highest BCUT2D eigenvalue weighted by atomic mass is 16.5. The molecule has 0 spiro atoms. The summed E-state index contributed by atoms with van der Waals surface area (Å²) in [7, 11) is 0. The molecule has 0 radical (unpaired) electrons. The Morgan fingerprint density at radius 3 is 2.62 bits per heavy atom. The number of nitrogens with zero attached hydrogens (tertiary/aromatic N) is 2. The zero-order valence-electron chi connectivity index (χ0n) is 13.4. The minimum atomic E-state index is -0.777. The summed E-state index contributed by atoms with van der Waals surface area (Å²) in [5.41, 5.74) is 8.53. The third-order valence-corrected chi connectivity index (χ3v) is 3.46. The van der Waals surface area contributed by atoms with E-state index in [1.807, 2.05) is 0 Å². The Kier molecular flexibility index (Phi) is 4.94. The minimum Gasteiger partial charge on any atom is -0.399 e. The molecule has 2 heterocycles. The van der Waals surface area contributed by atoms with Gasteiger partial charge in [0, 0.05) is 36.3 Å². The number of anilines is 1. The molecule has 2 aromatic heterocycles. The highest BCUT2D eigenvalue weighted by Crippen LogP contribution is 2.22. The number of hydroxylamine groups is 1. The second kappa shape index (κ2) is 7.49. The molecule has 2 amide bonds. The monoisotopic (exact) mass is 357 g/mol. The highest BCUT2D eigenvalue weighted by Gasteiger charge is 2.15. The smallest absolute Gasteiger partial charge is 0.296 e. The van der Waals surface area contributed by atoms with Crippen molar-refractivity contribution in [3.63, 3.8) is 0 Å². The van der Waals surface area contributed by atoms with Crippen molar-refractivity contribution in [1.29, 1.82) is 0 Å². The van der Waals surface area contributed by atoms with Crippen molar-refractivity contribution < 1.29 is 23.8 Å². The molecule has 3 aromatic rings. The van der Waals surface area contributed by atoms with Crippen LogP contribution in [0.3, 0.4) is 0 Å². The molecule has 10 heteroatoms. The standard InChI is InChI=1S/C16H15N5O5/c17-10-3-1-2-9(6-10)14-8-13(21-26-14)15(22)18-5-4-11-7-12(20-25-11)16(23)19-24/h1-3,6-8,24H,4-5,17H2,(H,18,22)(H,19,23). The largest absolute Gasteiger partial charge is 0.399 e. The van der Waals surface area contributed by atoms with Crippen LogP contribution in [0.1, 0.15) is 26.7 Å². The van der Waals surface area contributed by atoms with Gasteiger partial charge in [-0.15, -0.1) is 0 Å². The van der Waals surface area contributed by atoms with Crippen LogP contribution in [0.2, 0.25) is 0 Å². The van der Waals surface area contributed by atoms with E-state index in [4.69, 9.17) is 20.0 Å². The van der Waals surface area contributed by atoms with Crippen molar-refractivity contribution in [3.05, 3.63) is 53.5 Å². The molecule has 0 bridgehead atoms. The maximum absolute atomic E-state index is 12.1. The van der Waals surface area contributed by atoms with E-state index in [2.05, 4.69) is 15.6 Å². The molecular weight excluding hydrogens is 342 g/mol. The van der Waals surface area contributed by atoms with Crippen molar-refractivity contribution >= 4 is 17.5 Å². The maximum atomic E-state index is 12.1. The molecule has 3 rings (SSSR count). The normalized spacial score (nSPS) is 10.5. The van der Waals surface area contributed by atoms with Crippen LogP contribution in [-0.2, 0) is 6.42 Å². The number of rotatable bonds is 6. The molecule has 5 N–H and O–H groups in total. The first kappa shape index (κ1) is 17.2. The fourth-order valence-corrected chi connectivity index (χ4v) is 2.20. The molecule has 0 unspecified atom stereocenters. The fourth-order valence-electron chi connectivity index (χ4n) is 2.20. The van der Waals surface area contributed by atoms with E-state index in [0.717, 1.165) is 0 Å². The van der Waals surface area contributed by atoms with Gasteiger partial charge in [-0.25, -0.2) is 5.48 Å². The average molecular weight is 357 g/mol. The lowest BCUT2D eigenvalue weighted by molar-refractivity contribution is 0.0696. The van der Waals surface area contributed by atoms with Crippen LogP contribution in [0.25, 0.3) is 11.3 Å². The predicted octanol–water partition coefficient (Wildman–Crippen LogP) is 1.00. The number of nitrogens with one attached hydrogen (secondary N) is 2. The van der Waals surface area contributed by atoms with Gasteiger partial charge in [0.2, 0.25) is 0 Å².